The van der Waals surface area contributed by atoms with Crippen molar-refractivity contribution in [1.29, 1.82) is 0 Å². The Hall–Kier alpha value is -6.22. The molecule has 6 aromatic rings. The van der Waals surface area contributed by atoms with Gasteiger partial charge in [0.05, 0.1) is 13.3 Å². The number of hydrogen-bond donors (Lipinski definition) is 2. The van der Waals surface area contributed by atoms with Crippen molar-refractivity contribution < 1.29 is 9.59 Å². The lowest BCUT2D eigenvalue weighted by Gasteiger charge is -2.44. The van der Waals surface area contributed by atoms with E-state index in [1.54, 1.807) is 0 Å². The van der Waals surface area contributed by atoms with E-state index in [4.69, 9.17) is 0 Å². The molecular formula is C60H66N6O2. The highest BCUT2D eigenvalue weighted by Gasteiger charge is 2.52. The van der Waals surface area contributed by atoms with Crippen molar-refractivity contribution in [3.63, 3.8) is 0 Å². The summed E-state index contributed by atoms with van der Waals surface area (Å²) < 4.78 is 0. The summed E-state index contributed by atoms with van der Waals surface area (Å²) in [7, 11) is 0. The molecule has 2 N–H and O–H groups in total. The molecule has 4 heterocycles. The number of hydrogen-bond acceptors (Lipinski definition) is 6. The average molecular weight is 903 g/mol. The normalized spacial score (nSPS) is 19.7. The molecule has 68 heavy (non-hydrogen) atoms. The van der Waals surface area contributed by atoms with Crippen LogP contribution in [0.3, 0.4) is 0 Å². The van der Waals surface area contributed by atoms with Crippen molar-refractivity contribution in [3.05, 3.63) is 179 Å². The Labute approximate surface area is 403 Å². The van der Waals surface area contributed by atoms with Crippen molar-refractivity contribution in [2.75, 3.05) is 62.4 Å². The molecule has 0 saturated carbocycles. The van der Waals surface area contributed by atoms with Gasteiger partial charge in [-0.2, -0.15) is 0 Å². The number of anilines is 2. The largest absolute Gasteiger partial charge is 0.339 e. The molecule has 2 spiro atoms. The number of para-hydroxylation sites is 2. The summed E-state index contributed by atoms with van der Waals surface area (Å²) in [5.41, 5.74) is 14.5. The fourth-order valence-corrected chi connectivity index (χ4v) is 12.8. The first kappa shape index (κ1) is 44.3. The topological polar surface area (TPSA) is 71.2 Å². The van der Waals surface area contributed by atoms with Crippen LogP contribution in [0.25, 0.3) is 22.3 Å². The maximum Gasteiger partial charge on any atom is 0.247 e. The van der Waals surface area contributed by atoms with Gasteiger partial charge in [0, 0.05) is 55.0 Å². The van der Waals surface area contributed by atoms with Gasteiger partial charge in [-0.25, -0.2) is 0 Å². The number of benzene rings is 6. The molecule has 4 fully saturated rings. The standard InChI is InChI=1S/C60H66N6O2/c1-43-14-10-16-45(38-43)49(46-17-11-15-44(2)39-46)23-12-32-63-36-30-60(31-37-63)58(68)62-42-66(60)56-25-9-8-20-50(56)47-26-27-54-52(51-21-6-7-22-53(51)55(54)40-47)24-13-33-64-34-28-59(29-35-64)57(67)61-41-65(59)48-18-4-3-5-19-48/h3-11,14-22,25-27,38-40,49,52H,12-13,23-24,28-37,41-42H2,1-2H3,(H,61,67)(H,62,68). The van der Waals surface area contributed by atoms with Gasteiger partial charge in [-0.3, -0.25) is 9.59 Å². The lowest BCUT2D eigenvalue weighted by Crippen LogP contribution is -2.56. The third-order valence-corrected chi connectivity index (χ3v) is 16.5. The Morgan fingerprint density at radius 3 is 1.76 bits per heavy atom. The minimum absolute atomic E-state index is 0.166. The zero-order chi connectivity index (χ0) is 46.2. The Balaban J connectivity index is 0.755. The number of carbonyl (C=O) groups is 2. The monoisotopic (exact) mass is 903 g/mol. The molecule has 8 nitrogen and oxygen atoms in total. The van der Waals surface area contributed by atoms with E-state index in [9.17, 15) is 9.59 Å². The van der Waals surface area contributed by atoms with E-state index in [1.165, 1.54) is 55.6 Å². The summed E-state index contributed by atoms with van der Waals surface area (Å²) in [6.45, 7) is 11.2. The second-order valence-electron chi connectivity index (χ2n) is 20.4. The minimum atomic E-state index is -0.563. The third-order valence-electron chi connectivity index (χ3n) is 16.5. The molecule has 0 radical (unpaired) electrons. The van der Waals surface area contributed by atoms with Gasteiger partial charge >= 0.3 is 0 Å². The van der Waals surface area contributed by atoms with Gasteiger partial charge in [-0.05, 0) is 142 Å². The number of carbonyl (C=O) groups excluding carboxylic acids is 2. The molecule has 2 amide bonds. The van der Waals surface area contributed by atoms with Crippen LogP contribution in [0.15, 0.2) is 146 Å². The van der Waals surface area contributed by atoms with Gasteiger partial charge < -0.3 is 30.2 Å². The van der Waals surface area contributed by atoms with E-state index in [0.717, 1.165) is 102 Å². The lowest BCUT2D eigenvalue weighted by atomic mass is 9.84. The predicted molar refractivity (Wildman–Crippen MR) is 276 cm³/mol. The van der Waals surface area contributed by atoms with E-state index in [2.05, 4.69) is 184 Å². The van der Waals surface area contributed by atoms with Crippen molar-refractivity contribution in [2.24, 2.45) is 0 Å². The second-order valence-corrected chi connectivity index (χ2v) is 20.4. The van der Waals surface area contributed by atoms with Crippen LogP contribution in [-0.2, 0) is 9.59 Å². The van der Waals surface area contributed by atoms with Gasteiger partial charge in [0.2, 0.25) is 11.8 Å². The summed E-state index contributed by atoms with van der Waals surface area (Å²) >= 11 is 0. The molecule has 1 unspecified atom stereocenters. The predicted octanol–water partition coefficient (Wildman–Crippen LogP) is 10.6. The SMILES string of the molecule is Cc1cccc(C(CCCN2CCC3(CC2)C(=O)NCN3c2ccccc2-c2ccc3c(c2)-c2ccccc2C3CCCN2CCC3(CC2)C(=O)NCN3c2ccccc2)c2cccc(C)c2)c1. The van der Waals surface area contributed by atoms with Crippen LogP contribution in [-0.4, -0.2) is 85.3 Å². The van der Waals surface area contributed by atoms with Crippen LogP contribution < -0.4 is 20.4 Å². The fraction of sp³-hybridized carbons (Fsp3) is 0.367. The fourth-order valence-electron chi connectivity index (χ4n) is 12.8. The third kappa shape index (κ3) is 8.19. The number of aryl methyl sites for hydroxylation is 2. The summed E-state index contributed by atoms with van der Waals surface area (Å²) in [4.78, 5) is 37.2. The van der Waals surface area contributed by atoms with Crippen molar-refractivity contribution in [1.82, 2.24) is 20.4 Å². The van der Waals surface area contributed by atoms with Crippen LogP contribution >= 0.6 is 0 Å². The number of fused-ring (bicyclic) bond motifs is 3. The Kier molecular flexibility index (Phi) is 12.2. The van der Waals surface area contributed by atoms with E-state index in [1.807, 2.05) is 6.07 Å². The minimum Gasteiger partial charge on any atom is -0.339 e. The maximum atomic E-state index is 14.0. The molecule has 4 aliphatic heterocycles. The van der Waals surface area contributed by atoms with Crippen molar-refractivity contribution >= 4 is 23.2 Å². The molecule has 6 aromatic carbocycles. The Morgan fingerprint density at radius 1 is 0.544 bits per heavy atom. The van der Waals surface area contributed by atoms with Gasteiger partial charge in [0.1, 0.15) is 11.1 Å². The average Bonchev–Trinajstić information content (AvgIpc) is 3.98. The number of piperidine rings is 2. The number of rotatable bonds is 13. The second kappa shape index (κ2) is 18.7. The highest BCUT2D eigenvalue weighted by Crippen LogP contribution is 2.49. The molecule has 5 aliphatic rings. The summed E-state index contributed by atoms with van der Waals surface area (Å²) in [5.74, 6) is 1.06. The van der Waals surface area contributed by atoms with Crippen molar-refractivity contribution in [3.8, 4) is 22.3 Å². The van der Waals surface area contributed by atoms with Gasteiger partial charge in [-0.15, -0.1) is 0 Å². The first-order valence-electron chi connectivity index (χ1n) is 25.4. The summed E-state index contributed by atoms with van der Waals surface area (Å²) in [6.07, 6.45) is 7.70. The molecule has 348 valence electrons. The van der Waals surface area contributed by atoms with Crippen LogP contribution in [0.5, 0.6) is 0 Å². The van der Waals surface area contributed by atoms with Crippen molar-refractivity contribution in [2.45, 2.75) is 88.1 Å². The zero-order valence-corrected chi connectivity index (χ0v) is 39.9. The molecule has 1 aliphatic carbocycles. The highest BCUT2D eigenvalue weighted by molar-refractivity contribution is 5.96. The molecule has 11 rings (SSSR count). The Bertz CT molecular complexity index is 2740. The quantitative estimate of drug-likeness (QED) is 0.120. The number of amides is 2. The van der Waals surface area contributed by atoms with E-state index in [0.29, 0.717) is 25.2 Å². The molecule has 0 bridgehead atoms. The summed E-state index contributed by atoms with van der Waals surface area (Å²) in [6, 6.07) is 53.4. The van der Waals surface area contributed by atoms with Crippen LogP contribution in [0, 0.1) is 13.8 Å². The van der Waals surface area contributed by atoms with Gasteiger partial charge in [0.25, 0.3) is 0 Å². The van der Waals surface area contributed by atoms with Crippen LogP contribution in [0.1, 0.15) is 96.6 Å². The van der Waals surface area contributed by atoms with Gasteiger partial charge in [-0.1, -0.05) is 132 Å². The first-order valence-corrected chi connectivity index (χ1v) is 25.4. The zero-order valence-electron chi connectivity index (χ0n) is 39.9. The molecule has 0 aromatic heterocycles. The smallest absolute Gasteiger partial charge is 0.247 e. The van der Waals surface area contributed by atoms with E-state index < -0.39 is 11.1 Å². The lowest BCUT2D eigenvalue weighted by molar-refractivity contribution is -0.125. The number of likely N-dealkylation sites (tertiary alicyclic amines) is 2. The molecule has 8 heteroatoms. The highest BCUT2D eigenvalue weighted by atomic mass is 16.2. The van der Waals surface area contributed by atoms with E-state index in [-0.39, 0.29) is 11.8 Å². The first-order chi connectivity index (χ1) is 33.3. The van der Waals surface area contributed by atoms with Gasteiger partial charge in [0.15, 0.2) is 0 Å². The molecule has 1 atom stereocenters. The van der Waals surface area contributed by atoms with Crippen LogP contribution in [0.4, 0.5) is 11.4 Å². The maximum absolute atomic E-state index is 14.0. The number of nitrogens with zero attached hydrogens (tertiary/aromatic N) is 4. The van der Waals surface area contributed by atoms with Crippen LogP contribution in [0.2, 0.25) is 0 Å². The molecule has 4 saturated heterocycles. The number of nitrogens with one attached hydrogen (secondary N) is 2. The van der Waals surface area contributed by atoms with E-state index >= 15 is 0 Å². The summed E-state index contributed by atoms with van der Waals surface area (Å²) in [5, 5.41) is 6.45. The molecular weight excluding hydrogens is 837 g/mol. The Morgan fingerprint density at radius 2 is 1.10 bits per heavy atom.